The molecule has 6 heteroatoms. The zero-order chi connectivity index (χ0) is 42.3. The third kappa shape index (κ3) is 43.2. The molecule has 0 fully saturated rings. The molecular formula is C52H82O6. The van der Waals surface area contributed by atoms with E-state index in [0.29, 0.717) is 12.8 Å². The van der Waals surface area contributed by atoms with Crippen LogP contribution >= 0.6 is 0 Å². The van der Waals surface area contributed by atoms with E-state index in [1.807, 2.05) is 12.2 Å². The maximum Gasteiger partial charge on any atom is 0.306 e. The highest BCUT2D eigenvalue weighted by molar-refractivity contribution is 5.71. The Kier molecular flexibility index (Phi) is 42.7. The minimum atomic E-state index is -0.826. The number of hydrogen-bond acceptors (Lipinski definition) is 6. The molecule has 0 rings (SSSR count). The lowest BCUT2D eigenvalue weighted by Gasteiger charge is -2.18. The van der Waals surface area contributed by atoms with Gasteiger partial charge >= 0.3 is 17.9 Å². The van der Waals surface area contributed by atoms with Gasteiger partial charge in [0.2, 0.25) is 0 Å². The summed E-state index contributed by atoms with van der Waals surface area (Å²) in [6, 6.07) is 0. The zero-order valence-electron chi connectivity index (χ0n) is 37.0. The summed E-state index contributed by atoms with van der Waals surface area (Å²) in [5, 5.41) is 0. The van der Waals surface area contributed by atoms with Crippen LogP contribution < -0.4 is 0 Å². The molecule has 58 heavy (non-hydrogen) atoms. The summed E-state index contributed by atoms with van der Waals surface area (Å²) in [4.78, 5) is 37.7. The standard InChI is InChI=1S/C52H82O6/c1-4-7-10-13-16-19-21-23-25-27-28-30-33-36-39-42-45-51(54)57-48-49(47-56-50(53)44-41-38-35-32-18-15-12-9-6-3)58-52(55)46-43-40-37-34-31-29-26-24-22-20-17-14-11-8-5-2/h7,9-10,12,16-20,22-25,28,30,32,36,39,49H,4-6,8,11,13-15,21,26-27,29,31,33-35,37-38,40-48H2,1-3H3/b10-7-,12-9-,19-16-,20-17-,24-22-,25-23-,30-28-,32-18-,39-36-. The molecule has 0 radical (unpaired) electrons. The van der Waals surface area contributed by atoms with E-state index in [2.05, 4.69) is 118 Å². The van der Waals surface area contributed by atoms with Crippen molar-refractivity contribution >= 4 is 17.9 Å². The SMILES string of the molecule is CC/C=C\C/C=C\C/C=C\C/C=C\C/C=C\CCC(=O)OCC(COC(=O)CCCC/C=C\C/C=C\CC)OC(=O)CCCCCCCC/C=C\C=C/CCCCC. The molecule has 0 aliphatic heterocycles. The van der Waals surface area contributed by atoms with Gasteiger partial charge in [0.05, 0.1) is 0 Å². The molecule has 0 heterocycles. The van der Waals surface area contributed by atoms with Gasteiger partial charge in [0.15, 0.2) is 6.10 Å². The molecule has 0 amide bonds. The first kappa shape index (κ1) is 54.1. The third-order valence-corrected chi connectivity index (χ3v) is 9.03. The first-order chi connectivity index (χ1) is 28.5. The summed E-state index contributed by atoms with van der Waals surface area (Å²) in [5.41, 5.74) is 0. The molecule has 0 spiro atoms. The molecule has 6 nitrogen and oxygen atoms in total. The maximum absolute atomic E-state index is 12.7. The van der Waals surface area contributed by atoms with Crippen molar-refractivity contribution in [1.82, 2.24) is 0 Å². The summed E-state index contributed by atoms with van der Waals surface area (Å²) < 4.78 is 16.6. The van der Waals surface area contributed by atoms with Crippen molar-refractivity contribution in [2.24, 2.45) is 0 Å². The van der Waals surface area contributed by atoms with E-state index in [1.54, 1.807) is 0 Å². The lowest BCUT2D eigenvalue weighted by Crippen LogP contribution is -2.30. The number of ether oxygens (including phenoxy) is 3. The molecule has 0 N–H and O–H groups in total. The molecule has 0 aromatic carbocycles. The Morgan fingerprint density at radius 3 is 1.29 bits per heavy atom. The van der Waals surface area contributed by atoms with Crippen molar-refractivity contribution in [3.8, 4) is 0 Å². The van der Waals surface area contributed by atoms with E-state index in [9.17, 15) is 14.4 Å². The van der Waals surface area contributed by atoms with Crippen molar-refractivity contribution < 1.29 is 28.6 Å². The number of hydrogen-bond donors (Lipinski definition) is 0. The van der Waals surface area contributed by atoms with Gasteiger partial charge in [-0.3, -0.25) is 14.4 Å². The summed E-state index contributed by atoms with van der Waals surface area (Å²) in [5.74, 6) is -1.07. The monoisotopic (exact) mass is 803 g/mol. The van der Waals surface area contributed by atoms with Crippen molar-refractivity contribution in [3.05, 3.63) is 109 Å². The Hall–Kier alpha value is -3.93. The Bertz CT molecular complexity index is 1240. The van der Waals surface area contributed by atoms with Crippen LogP contribution in [0.4, 0.5) is 0 Å². The van der Waals surface area contributed by atoms with Crippen LogP contribution in [0.25, 0.3) is 0 Å². The minimum absolute atomic E-state index is 0.126. The number of allylic oxidation sites excluding steroid dienone is 18. The van der Waals surface area contributed by atoms with Gasteiger partial charge in [0.25, 0.3) is 0 Å². The predicted octanol–water partition coefficient (Wildman–Crippen LogP) is 14.8. The first-order valence-electron chi connectivity index (χ1n) is 22.9. The molecule has 0 aliphatic rings. The Morgan fingerprint density at radius 2 is 0.759 bits per heavy atom. The Balaban J connectivity index is 4.54. The molecule has 0 saturated heterocycles. The van der Waals surface area contributed by atoms with Crippen LogP contribution in [-0.2, 0) is 28.6 Å². The third-order valence-electron chi connectivity index (χ3n) is 9.03. The predicted molar refractivity (Wildman–Crippen MR) is 247 cm³/mol. The van der Waals surface area contributed by atoms with E-state index in [-0.39, 0.29) is 44.0 Å². The highest BCUT2D eigenvalue weighted by atomic mass is 16.6. The van der Waals surface area contributed by atoms with Crippen LogP contribution in [-0.4, -0.2) is 37.2 Å². The Morgan fingerprint density at radius 1 is 0.379 bits per heavy atom. The fourth-order valence-corrected chi connectivity index (χ4v) is 5.63. The summed E-state index contributed by atoms with van der Waals surface area (Å²) in [7, 11) is 0. The van der Waals surface area contributed by atoms with E-state index in [0.717, 1.165) is 103 Å². The molecule has 1 unspecified atom stereocenters. The first-order valence-corrected chi connectivity index (χ1v) is 22.9. The number of unbranched alkanes of at least 4 members (excludes halogenated alkanes) is 11. The van der Waals surface area contributed by atoms with Crippen molar-refractivity contribution in [1.29, 1.82) is 0 Å². The number of rotatable bonds is 39. The van der Waals surface area contributed by atoms with Gasteiger partial charge in [-0.25, -0.2) is 0 Å². The van der Waals surface area contributed by atoms with Gasteiger partial charge in [-0.05, 0) is 103 Å². The van der Waals surface area contributed by atoms with Crippen LogP contribution in [0.2, 0.25) is 0 Å². The molecule has 0 aromatic heterocycles. The van der Waals surface area contributed by atoms with Crippen LogP contribution in [0.5, 0.6) is 0 Å². The summed E-state index contributed by atoms with van der Waals surface area (Å²) in [6.07, 6.45) is 60.9. The number of carbonyl (C=O) groups excluding carboxylic acids is 3. The van der Waals surface area contributed by atoms with Crippen LogP contribution in [0, 0.1) is 0 Å². The molecular weight excluding hydrogens is 721 g/mol. The van der Waals surface area contributed by atoms with E-state index < -0.39 is 6.10 Å². The second-order valence-corrected chi connectivity index (χ2v) is 14.6. The van der Waals surface area contributed by atoms with Gasteiger partial charge in [-0.15, -0.1) is 0 Å². The van der Waals surface area contributed by atoms with E-state index >= 15 is 0 Å². The Labute approximate surface area is 355 Å². The smallest absolute Gasteiger partial charge is 0.306 e. The number of carbonyl (C=O) groups is 3. The van der Waals surface area contributed by atoms with E-state index in [1.165, 1.54) is 32.1 Å². The molecule has 1 atom stereocenters. The quantitative estimate of drug-likeness (QED) is 0.0202. The van der Waals surface area contributed by atoms with Crippen LogP contribution in [0.3, 0.4) is 0 Å². The number of esters is 3. The van der Waals surface area contributed by atoms with Crippen LogP contribution in [0.15, 0.2) is 109 Å². The van der Waals surface area contributed by atoms with Crippen molar-refractivity contribution in [2.45, 2.75) is 187 Å². The molecule has 0 aliphatic carbocycles. The molecule has 326 valence electrons. The van der Waals surface area contributed by atoms with Gasteiger partial charge < -0.3 is 14.2 Å². The van der Waals surface area contributed by atoms with Crippen molar-refractivity contribution in [3.63, 3.8) is 0 Å². The molecule has 0 aromatic rings. The highest BCUT2D eigenvalue weighted by Crippen LogP contribution is 2.12. The van der Waals surface area contributed by atoms with E-state index in [4.69, 9.17) is 14.2 Å². The topological polar surface area (TPSA) is 78.9 Å². The average Bonchev–Trinajstić information content (AvgIpc) is 3.22. The maximum atomic E-state index is 12.7. The zero-order valence-corrected chi connectivity index (χ0v) is 37.0. The largest absolute Gasteiger partial charge is 0.462 e. The van der Waals surface area contributed by atoms with Gasteiger partial charge in [-0.2, -0.15) is 0 Å². The van der Waals surface area contributed by atoms with Gasteiger partial charge in [0, 0.05) is 19.3 Å². The highest BCUT2D eigenvalue weighted by Gasteiger charge is 2.19. The summed E-state index contributed by atoms with van der Waals surface area (Å²) >= 11 is 0. The fraction of sp³-hybridized carbons (Fsp3) is 0.596. The molecule has 0 bridgehead atoms. The average molecular weight is 803 g/mol. The lowest BCUT2D eigenvalue weighted by molar-refractivity contribution is -0.166. The fourth-order valence-electron chi connectivity index (χ4n) is 5.63. The van der Waals surface area contributed by atoms with Gasteiger partial charge in [-0.1, -0.05) is 169 Å². The minimum Gasteiger partial charge on any atom is -0.462 e. The van der Waals surface area contributed by atoms with Crippen LogP contribution in [0.1, 0.15) is 181 Å². The lowest BCUT2D eigenvalue weighted by atomic mass is 10.1. The second-order valence-electron chi connectivity index (χ2n) is 14.6. The summed E-state index contributed by atoms with van der Waals surface area (Å²) in [6.45, 7) is 6.23. The van der Waals surface area contributed by atoms with Crippen molar-refractivity contribution in [2.75, 3.05) is 13.2 Å². The van der Waals surface area contributed by atoms with Gasteiger partial charge in [0.1, 0.15) is 13.2 Å². The molecule has 0 saturated carbocycles. The second kappa shape index (κ2) is 45.8. The normalized spacial score (nSPS) is 13.1.